The number of sulfonamides is 2. The van der Waals surface area contributed by atoms with Crippen LogP contribution in [0.5, 0.6) is 0 Å². The number of anilines is 3. The summed E-state index contributed by atoms with van der Waals surface area (Å²) in [5.41, 5.74) is 2.46. The maximum Gasteiger partial charge on any atom is 0.229 e. The highest BCUT2D eigenvalue weighted by atomic mass is 35.5. The van der Waals surface area contributed by atoms with Crippen LogP contribution < -0.4 is 14.8 Å². The van der Waals surface area contributed by atoms with Crippen LogP contribution in [0.15, 0.2) is 60.7 Å². The second-order valence-electron chi connectivity index (χ2n) is 7.35. The first-order valence-corrected chi connectivity index (χ1v) is 14.3. The quantitative estimate of drug-likeness (QED) is 0.297. The molecule has 0 amide bonds. The molecule has 0 fully saturated rings. The van der Waals surface area contributed by atoms with Crippen LogP contribution in [0.1, 0.15) is 14.4 Å². The first-order valence-electron chi connectivity index (χ1n) is 10.1. The van der Waals surface area contributed by atoms with E-state index < -0.39 is 20.0 Å². The van der Waals surface area contributed by atoms with Gasteiger partial charge in [-0.05, 0) is 55.5 Å². The molecule has 188 valence electrons. The molecular formula is C23H28ClN5O4S2. The number of aromatic nitrogens is 2. The number of halogens is 1. The molecular weight excluding hydrogens is 510 g/mol. The van der Waals surface area contributed by atoms with Crippen LogP contribution in [0.3, 0.4) is 0 Å². The number of benzene rings is 2. The molecule has 0 aliphatic heterocycles. The third kappa shape index (κ3) is 8.23. The predicted molar refractivity (Wildman–Crippen MR) is 146 cm³/mol. The van der Waals surface area contributed by atoms with E-state index in [1.54, 1.807) is 42.5 Å². The largest absolute Gasteiger partial charge is 0.370 e. The van der Waals surface area contributed by atoms with Crippen LogP contribution in [-0.2, 0) is 20.0 Å². The van der Waals surface area contributed by atoms with Crippen molar-refractivity contribution < 1.29 is 16.8 Å². The van der Waals surface area contributed by atoms with Gasteiger partial charge >= 0.3 is 0 Å². The minimum absolute atomic E-state index is 0. The van der Waals surface area contributed by atoms with Gasteiger partial charge in [0.25, 0.3) is 0 Å². The first-order chi connectivity index (χ1) is 15.9. The molecule has 2 aromatic carbocycles. The smallest absolute Gasteiger partial charge is 0.229 e. The van der Waals surface area contributed by atoms with Gasteiger partial charge in [0.05, 0.1) is 34.9 Å². The van der Waals surface area contributed by atoms with Gasteiger partial charge in [0, 0.05) is 17.3 Å². The second kappa shape index (κ2) is 11.5. The van der Waals surface area contributed by atoms with Crippen LogP contribution in [0, 0.1) is 0 Å². The van der Waals surface area contributed by atoms with Gasteiger partial charge < -0.3 is 5.32 Å². The predicted octanol–water partition coefficient (Wildman–Crippen LogP) is 4.93. The summed E-state index contributed by atoms with van der Waals surface area (Å²) in [6.07, 6.45) is 2.24. The maximum atomic E-state index is 11.3. The molecule has 2 heterocycles. The highest BCUT2D eigenvalue weighted by Gasteiger charge is 2.08. The molecule has 0 bridgehead atoms. The van der Waals surface area contributed by atoms with E-state index in [1.807, 2.05) is 25.1 Å². The Kier molecular flexibility index (Phi) is 9.24. The number of nitrogens with zero attached hydrogens (tertiary/aromatic N) is 2. The average Bonchev–Trinajstić information content (AvgIpc) is 2.72. The normalized spacial score (nSPS) is 11.2. The van der Waals surface area contributed by atoms with Crippen molar-refractivity contribution in [2.45, 2.75) is 14.4 Å². The number of hydrogen-bond donors (Lipinski definition) is 3. The van der Waals surface area contributed by atoms with Crippen LogP contribution in [0.4, 0.5) is 17.2 Å². The summed E-state index contributed by atoms with van der Waals surface area (Å²) in [5, 5.41) is 5.00. The Balaban J connectivity index is 0.000000241. The van der Waals surface area contributed by atoms with Crippen molar-refractivity contribution in [3.05, 3.63) is 65.8 Å². The summed E-state index contributed by atoms with van der Waals surface area (Å²) in [6, 6.07) is 17.6. The lowest BCUT2D eigenvalue weighted by Gasteiger charge is -2.09. The van der Waals surface area contributed by atoms with Crippen LogP contribution in [-0.4, -0.2) is 45.9 Å². The fraction of sp³-hybridized carbons (Fsp3) is 0.217. The van der Waals surface area contributed by atoms with E-state index in [-0.39, 0.29) is 7.43 Å². The Morgan fingerprint density at radius 2 is 1.23 bits per heavy atom. The summed E-state index contributed by atoms with van der Waals surface area (Å²) in [5.74, 6) is 0.779. The maximum absolute atomic E-state index is 11.3. The van der Waals surface area contributed by atoms with E-state index in [0.29, 0.717) is 22.0 Å². The number of hydrogen-bond acceptors (Lipinski definition) is 7. The summed E-state index contributed by atoms with van der Waals surface area (Å²) in [4.78, 5) is 8.51. The van der Waals surface area contributed by atoms with Gasteiger partial charge in [-0.2, -0.15) is 0 Å². The minimum Gasteiger partial charge on any atom is -0.370 e. The molecule has 4 rings (SSSR count). The Bertz CT molecular complexity index is 1540. The van der Waals surface area contributed by atoms with E-state index in [4.69, 9.17) is 11.6 Å². The second-order valence-corrected chi connectivity index (χ2v) is 11.2. The molecule has 0 unspecified atom stereocenters. The molecule has 2 aromatic heterocycles. The molecule has 0 saturated heterocycles. The molecule has 0 atom stereocenters. The van der Waals surface area contributed by atoms with Crippen LogP contribution in [0.25, 0.3) is 21.8 Å². The highest BCUT2D eigenvalue weighted by Crippen LogP contribution is 2.25. The van der Waals surface area contributed by atoms with Crippen molar-refractivity contribution in [3.63, 3.8) is 0 Å². The van der Waals surface area contributed by atoms with E-state index in [2.05, 4.69) is 24.7 Å². The minimum atomic E-state index is -3.29. The molecule has 0 radical (unpaired) electrons. The van der Waals surface area contributed by atoms with Crippen molar-refractivity contribution in [2.75, 3.05) is 33.8 Å². The molecule has 35 heavy (non-hydrogen) atoms. The Hall–Kier alpha value is -3.15. The zero-order chi connectivity index (χ0) is 24.9. The van der Waals surface area contributed by atoms with Crippen LogP contribution in [0.2, 0.25) is 5.15 Å². The Morgan fingerprint density at radius 1 is 0.743 bits per heavy atom. The van der Waals surface area contributed by atoms with Crippen molar-refractivity contribution in [3.8, 4) is 0 Å². The summed E-state index contributed by atoms with van der Waals surface area (Å²) in [7, 11) is -6.57. The van der Waals surface area contributed by atoms with E-state index in [1.165, 1.54) is 0 Å². The molecule has 4 aromatic rings. The number of fused-ring (bicyclic) bond motifs is 2. The molecule has 3 N–H and O–H groups in total. The van der Waals surface area contributed by atoms with Crippen molar-refractivity contribution >= 4 is 70.6 Å². The van der Waals surface area contributed by atoms with Gasteiger partial charge in [-0.15, -0.1) is 0 Å². The molecule has 0 spiro atoms. The zero-order valence-electron chi connectivity index (χ0n) is 18.7. The Morgan fingerprint density at radius 3 is 1.71 bits per heavy atom. The number of nitrogens with one attached hydrogen (secondary N) is 3. The van der Waals surface area contributed by atoms with Crippen LogP contribution >= 0.6 is 11.6 Å². The topological polar surface area (TPSA) is 130 Å². The standard InChI is InChI=1S/C12H15N3O2S.C10H9ClN2O2S.CH4/c1-3-13-12-8-7-9-10(14-12)5-4-6-11(9)15-18(2,16)17;1-16(14,15)13-9-4-2-3-8-7(9)5-6-10(11)12-8;/h4-8,15H,3H2,1-2H3,(H,13,14);2-6,13H,1H3;1H4. The molecule has 0 aliphatic carbocycles. The van der Waals surface area contributed by atoms with Crippen molar-refractivity contribution in [2.24, 2.45) is 0 Å². The average molecular weight is 538 g/mol. The summed E-state index contributed by atoms with van der Waals surface area (Å²) >= 11 is 5.75. The van der Waals surface area contributed by atoms with E-state index in [0.717, 1.165) is 41.2 Å². The third-order valence-corrected chi connectivity index (χ3v) is 5.77. The fourth-order valence-corrected chi connectivity index (χ4v) is 4.45. The van der Waals surface area contributed by atoms with Gasteiger partial charge in [-0.25, -0.2) is 26.8 Å². The summed E-state index contributed by atoms with van der Waals surface area (Å²) in [6.45, 7) is 2.79. The molecule has 12 heteroatoms. The zero-order valence-corrected chi connectivity index (χ0v) is 21.1. The highest BCUT2D eigenvalue weighted by molar-refractivity contribution is 7.92. The van der Waals surface area contributed by atoms with E-state index in [9.17, 15) is 16.8 Å². The number of rotatable bonds is 6. The lowest BCUT2D eigenvalue weighted by molar-refractivity contribution is 0.605. The van der Waals surface area contributed by atoms with Gasteiger partial charge in [-0.3, -0.25) is 9.44 Å². The molecule has 0 aliphatic rings. The van der Waals surface area contributed by atoms with Crippen molar-refractivity contribution in [1.29, 1.82) is 0 Å². The lowest BCUT2D eigenvalue weighted by Crippen LogP contribution is -2.10. The summed E-state index contributed by atoms with van der Waals surface area (Å²) < 4.78 is 49.8. The monoisotopic (exact) mass is 537 g/mol. The van der Waals surface area contributed by atoms with E-state index >= 15 is 0 Å². The third-order valence-electron chi connectivity index (χ3n) is 4.38. The van der Waals surface area contributed by atoms with Crippen molar-refractivity contribution in [1.82, 2.24) is 9.97 Å². The first kappa shape index (κ1) is 28.1. The Labute approximate surface area is 211 Å². The SMILES string of the molecule is C.CCNc1ccc2c(NS(C)(=O)=O)cccc2n1.CS(=O)(=O)Nc1cccc2nc(Cl)ccc12. The molecule has 0 saturated carbocycles. The molecule has 9 nitrogen and oxygen atoms in total. The van der Waals surface area contributed by atoms with Gasteiger partial charge in [0.1, 0.15) is 11.0 Å². The van der Waals surface area contributed by atoms with Gasteiger partial charge in [0.2, 0.25) is 20.0 Å². The fourth-order valence-electron chi connectivity index (χ4n) is 3.14. The number of pyridine rings is 2. The lowest BCUT2D eigenvalue weighted by atomic mass is 10.2. The van der Waals surface area contributed by atoms with Gasteiger partial charge in [0.15, 0.2) is 0 Å². The van der Waals surface area contributed by atoms with Gasteiger partial charge in [-0.1, -0.05) is 31.2 Å².